The van der Waals surface area contributed by atoms with E-state index in [0.29, 0.717) is 18.9 Å². The third kappa shape index (κ3) is 3.86. The normalized spacial score (nSPS) is 24.2. The van der Waals surface area contributed by atoms with Gasteiger partial charge in [-0.05, 0) is 23.6 Å². The molecular formula is C22H28N2O3. The van der Waals surface area contributed by atoms with E-state index in [-0.39, 0.29) is 43.0 Å². The molecule has 1 aromatic carbocycles. The van der Waals surface area contributed by atoms with Crippen molar-refractivity contribution in [1.82, 2.24) is 9.80 Å². The van der Waals surface area contributed by atoms with Crippen molar-refractivity contribution >= 4 is 11.8 Å². The fourth-order valence-corrected chi connectivity index (χ4v) is 4.06. The molecule has 2 heterocycles. The van der Waals surface area contributed by atoms with Crippen LogP contribution in [0.15, 0.2) is 24.3 Å². The third-order valence-electron chi connectivity index (χ3n) is 5.45. The van der Waals surface area contributed by atoms with Crippen LogP contribution >= 0.6 is 0 Å². The van der Waals surface area contributed by atoms with Gasteiger partial charge in [0, 0.05) is 30.9 Å². The van der Waals surface area contributed by atoms with Crippen molar-refractivity contribution in [2.24, 2.45) is 5.92 Å². The number of fused-ring (bicyclic) bond motifs is 1. The second-order valence-corrected chi connectivity index (χ2v) is 7.79. The summed E-state index contributed by atoms with van der Waals surface area (Å²) in [6.45, 7) is 6.70. The molecule has 5 nitrogen and oxygen atoms in total. The number of piperazine rings is 1. The summed E-state index contributed by atoms with van der Waals surface area (Å²) in [5.74, 6) is 6.90. The zero-order chi connectivity index (χ0) is 19.6. The quantitative estimate of drug-likeness (QED) is 0.827. The number of aliphatic hydroxyl groups is 1. The Morgan fingerprint density at radius 3 is 2.59 bits per heavy atom. The predicted octanol–water partition coefficient (Wildman–Crippen LogP) is 1.99. The molecule has 2 saturated heterocycles. The first-order valence-electron chi connectivity index (χ1n) is 9.74. The first kappa shape index (κ1) is 19.4. The number of carbonyl (C=O) groups is 2. The van der Waals surface area contributed by atoms with Crippen molar-refractivity contribution in [3.05, 3.63) is 35.4 Å². The highest BCUT2D eigenvalue weighted by molar-refractivity contribution is 5.87. The summed E-state index contributed by atoms with van der Waals surface area (Å²) in [6, 6.07) is 7.80. The van der Waals surface area contributed by atoms with E-state index >= 15 is 0 Å². The van der Waals surface area contributed by atoms with Crippen molar-refractivity contribution in [2.75, 3.05) is 19.7 Å². The molecule has 3 rings (SSSR count). The van der Waals surface area contributed by atoms with E-state index in [9.17, 15) is 14.7 Å². The van der Waals surface area contributed by atoms with Gasteiger partial charge in [-0.25, -0.2) is 0 Å². The third-order valence-corrected chi connectivity index (χ3v) is 5.45. The van der Waals surface area contributed by atoms with Crippen molar-refractivity contribution in [3.8, 4) is 11.8 Å². The average Bonchev–Trinajstić information content (AvgIpc) is 2.63. The molecular weight excluding hydrogens is 340 g/mol. The molecule has 0 radical (unpaired) electrons. The summed E-state index contributed by atoms with van der Waals surface area (Å²) in [4.78, 5) is 27.9. The largest absolute Gasteiger partial charge is 0.394 e. The second kappa shape index (κ2) is 8.14. The molecule has 2 aliphatic heterocycles. The number of aliphatic hydroxyl groups excluding tert-OH is 1. The Morgan fingerprint density at radius 2 is 2.00 bits per heavy atom. The van der Waals surface area contributed by atoms with Gasteiger partial charge in [-0.1, -0.05) is 44.7 Å². The van der Waals surface area contributed by atoms with Gasteiger partial charge in [-0.15, -0.1) is 0 Å². The van der Waals surface area contributed by atoms with Crippen LogP contribution in [0.2, 0.25) is 0 Å². The molecule has 0 spiro atoms. The summed E-state index contributed by atoms with van der Waals surface area (Å²) >= 11 is 0. The Morgan fingerprint density at radius 1 is 1.30 bits per heavy atom. The van der Waals surface area contributed by atoms with Gasteiger partial charge in [-0.3, -0.25) is 9.59 Å². The second-order valence-electron chi connectivity index (χ2n) is 7.79. The first-order chi connectivity index (χ1) is 13.0. The minimum Gasteiger partial charge on any atom is -0.394 e. The van der Waals surface area contributed by atoms with Crippen molar-refractivity contribution < 1.29 is 14.7 Å². The van der Waals surface area contributed by atoms with Gasteiger partial charge >= 0.3 is 0 Å². The van der Waals surface area contributed by atoms with Gasteiger partial charge in [0.1, 0.15) is 0 Å². The molecule has 1 N–H and O–H groups in total. The SMILES string of the molecule is CCC(=O)N1CC(=O)N2[C@H](CO)[C@@H](c3ccc(C#CCC(C)C)cc3)[C@@H]2C1. The van der Waals surface area contributed by atoms with E-state index in [1.807, 2.05) is 31.2 Å². The maximum absolute atomic E-state index is 12.5. The number of hydrogen-bond donors (Lipinski definition) is 1. The summed E-state index contributed by atoms with van der Waals surface area (Å²) in [5, 5.41) is 9.82. The van der Waals surface area contributed by atoms with Gasteiger partial charge < -0.3 is 14.9 Å². The minimum atomic E-state index is -0.209. The van der Waals surface area contributed by atoms with E-state index in [1.54, 1.807) is 9.80 Å². The molecule has 2 fully saturated rings. The standard InChI is InChI=1S/C22H28N2O3/c1-4-20(26)23-12-18-22(19(14-25)24(18)21(27)13-23)17-10-8-16(9-11-17)7-5-6-15(2)3/h8-11,15,18-19,22,25H,4,6,12-14H2,1-3H3/t18-,19+,22-/m0/s1. The van der Waals surface area contributed by atoms with E-state index in [0.717, 1.165) is 17.5 Å². The van der Waals surface area contributed by atoms with E-state index < -0.39 is 0 Å². The Kier molecular flexibility index (Phi) is 5.86. The van der Waals surface area contributed by atoms with Crippen LogP contribution in [0.5, 0.6) is 0 Å². The van der Waals surface area contributed by atoms with Crippen LogP contribution in [0.1, 0.15) is 50.7 Å². The van der Waals surface area contributed by atoms with Crippen molar-refractivity contribution in [3.63, 3.8) is 0 Å². The fraction of sp³-hybridized carbons (Fsp3) is 0.545. The lowest BCUT2D eigenvalue weighted by molar-refractivity contribution is -0.166. The average molecular weight is 368 g/mol. The number of amides is 2. The highest BCUT2D eigenvalue weighted by atomic mass is 16.3. The lowest BCUT2D eigenvalue weighted by Crippen LogP contribution is -2.73. The van der Waals surface area contributed by atoms with Gasteiger partial charge in [0.2, 0.25) is 11.8 Å². The van der Waals surface area contributed by atoms with Crippen LogP contribution < -0.4 is 0 Å². The lowest BCUT2D eigenvalue weighted by Gasteiger charge is -2.58. The Bertz CT molecular complexity index is 760. The molecule has 0 unspecified atom stereocenters. The van der Waals surface area contributed by atoms with Crippen LogP contribution in [0, 0.1) is 17.8 Å². The van der Waals surface area contributed by atoms with E-state index in [1.165, 1.54) is 0 Å². The van der Waals surface area contributed by atoms with Crippen molar-refractivity contribution in [2.45, 2.75) is 51.6 Å². The maximum Gasteiger partial charge on any atom is 0.242 e. The van der Waals surface area contributed by atoms with Crippen molar-refractivity contribution in [1.29, 1.82) is 0 Å². The van der Waals surface area contributed by atoms with Gasteiger partial charge in [0.25, 0.3) is 0 Å². The number of hydrogen-bond acceptors (Lipinski definition) is 3. The number of nitrogens with zero attached hydrogens (tertiary/aromatic N) is 2. The molecule has 3 atom stereocenters. The van der Waals surface area contributed by atoms with Gasteiger partial charge in [0.05, 0.1) is 25.2 Å². The maximum atomic E-state index is 12.5. The number of rotatable bonds is 4. The van der Waals surface area contributed by atoms with Crippen LogP contribution in [0.25, 0.3) is 0 Å². The van der Waals surface area contributed by atoms with Gasteiger partial charge in [-0.2, -0.15) is 0 Å². The minimum absolute atomic E-state index is 0.00460. The molecule has 0 bridgehead atoms. The molecule has 2 aliphatic rings. The van der Waals surface area contributed by atoms with E-state index in [4.69, 9.17) is 0 Å². The zero-order valence-electron chi connectivity index (χ0n) is 16.3. The molecule has 144 valence electrons. The molecule has 2 amide bonds. The smallest absolute Gasteiger partial charge is 0.242 e. The molecule has 0 aromatic heterocycles. The fourth-order valence-electron chi connectivity index (χ4n) is 4.06. The highest BCUT2D eigenvalue weighted by Crippen LogP contribution is 2.42. The van der Waals surface area contributed by atoms with E-state index in [2.05, 4.69) is 25.7 Å². The molecule has 5 heteroatoms. The summed E-state index contributed by atoms with van der Waals surface area (Å²) in [5.41, 5.74) is 2.06. The summed E-state index contributed by atoms with van der Waals surface area (Å²) in [7, 11) is 0. The summed E-state index contributed by atoms with van der Waals surface area (Å²) < 4.78 is 0. The van der Waals surface area contributed by atoms with Gasteiger partial charge in [0.15, 0.2) is 0 Å². The zero-order valence-corrected chi connectivity index (χ0v) is 16.3. The summed E-state index contributed by atoms with van der Waals surface area (Å²) in [6.07, 6.45) is 1.27. The molecule has 27 heavy (non-hydrogen) atoms. The highest BCUT2D eigenvalue weighted by Gasteiger charge is 2.54. The number of benzene rings is 1. The first-order valence-corrected chi connectivity index (χ1v) is 9.74. The molecule has 0 saturated carbocycles. The topological polar surface area (TPSA) is 60.9 Å². The Hall–Kier alpha value is -2.32. The van der Waals surface area contributed by atoms with Crippen LogP contribution in [-0.2, 0) is 9.59 Å². The van der Waals surface area contributed by atoms with Crippen LogP contribution in [0.4, 0.5) is 0 Å². The molecule has 0 aliphatic carbocycles. The van der Waals surface area contributed by atoms with Crippen LogP contribution in [0.3, 0.4) is 0 Å². The number of carbonyl (C=O) groups excluding carboxylic acids is 2. The molecule has 1 aromatic rings. The van der Waals surface area contributed by atoms with Crippen LogP contribution in [-0.4, -0.2) is 58.5 Å². The Balaban J connectivity index is 1.77. The lowest BCUT2D eigenvalue weighted by atomic mass is 9.73. The Labute approximate surface area is 161 Å². The predicted molar refractivity (Wildman–Crippen MR) is 104 cm³/mol. The monoisotopic (exact) mass is 368 g/mol.